The van der Waals surface area contributed by atoms with E-state index in [4.69, 9.17) is 0 Å². The van der Waals surface area contributed by atoms with E-state index in [0.29, 0.717) is 0 Å². The van der Waals surface area contributed by atoms with Crippen molar-refractivity contribution in [1.82, 2.24) is 8.86 Å². The molecular formula is C19H21N3OS. The van der Waals surface area contributed by atoms with E-state index in [1.807, 2.05) is 28.2 Å². The average molecular weight is 339 g/mol. The van der Waals surface area contributed by atoms with Crippen molar-refractivity contribution >= 4 is 27.3 Å². The maximum Gasteiger partial charge on any atom is 0.269 e. The Kier molecular flexibility index (Phi) is 4.12. The number of fused-ring (bicyclic) bond motifs is 1. The zero-order chi connectivity index (χ0) is 16.5. The molecule has 0 saturated carbocycles. The first-order valence-electron chi connectivity index (χ1n) is 8.38. The first-order valence-corrected chi connectivity index (χ1v) is 9.16. The Morgan fingerprint density at radius 2 is 1.58 bits per heavy atom. The van der Waals surface area contributed by atoms with E-state index in [2.05, 4.69) is 47.1 Å². The molecule has 3 aromatic rings. The van der Waals surface area contributed by atoms with E-state index in [-0.39, 0.29) is 11.7 Å². The van der Waals surface area contributed by atoms with Gasteiger partial charge in [0.1, 0.15) is 0 Å². The molecule has 1 fully saturated rings. The largest absolute Gasteiger partial charge is 0.369 e. The molecule has 0 radical (unpaired) electrons. The van der Waals surface area contributed by atoms with Crippen LogP contribution >= 0.6 is 11.5 Å². The van der Waals surface area contributed by atoms with Crippen molar-refractivity contribution in [2.45, 2.75) is 13.1 Å². The molecule has 4 nitrogen and oxygen atoms in total. The Labute approximate surface area is 145 Å². The minimum atomic E-state index is 0.104. The lowest BCUT2D eigenvalue weighted by molar-refractivity contribution is 0.152. The fourth-order valence-corrected chi connectivity index (χ4v) is 4.45. The minimum absolute atomic E-state index is 0.104. The summed E-state index contributed by atoms with van der Waals surface area (Å²) in [6.07, 6.45) is 0.104. The second-order valence-corrected chi connectivity index (χ2v) is 7.22. The Morgan fingerprint density at radius 1 is 0.917 bits per heavy atom. The second-order valence-electron chi connectivity index (χ2n) is 6.21. The van der Waals surface area contributed by atoms with Gasteiger partial charge < -0.3 is 4.90 Å². The van der Waals surface area contributed by atoms with Gasteiger partial charge in [0, 0.05) is 31.9 Å². The Balaban J connectivity index is 1.51. The second kappa shape index (κ2) is 6.42. The Hall–Kier alpha value is -2.11. The van der Waals surface area contributed by atoms with Crippen LogP contribution < -0.4 is 10.5 Å². The van der Waals surface area contributed by atoms with E-state index in [1.54, 1.807) is 11.5 Å². The first-order chi connectivity index (χ1) is 11.7. The van der Waals surface area contributed by atoms with Gasteiger partial charge in [-0.05, 0) is 31.2 Å². The molecule has 24 heavy (non-hydrogen) atoms. The molecular weight excluding hydrogens is 318 g/mol. The normalized spacial score (nSPS) is 17.3. The molecule has 0 amide bonds. The molecule has 0 spiro atoms. The zero-order valence-electron chi connectivity index (χ0n) is 13.8. The lowest BCUT2D eigenvalue weighted by Crippen LogP contribution is -2.48. The molecule has 0 bridgehead atoms. The number of aromatic nitrogens is 1. The summed E-state index contributed by atoms with van der Waals surface area (Å²) in [5.41, 5.74) is 1.41. The maximum absolute atomic E-state index is 12.6. The van der Waals surface area contributed by atoms with Crippen LogP contribution in [0.25, 0.3) is 10.1 Å². The van der Waals surface area contributed by atoms with E-state index in [9.17, 15) is 4.79 Å². The van der Waals surface area contributed by atoms with Crippen LogP contribution in [-0.2, 0) is 0 Å². The molecule has 2 heterocycles. The third-order valence-electron chi connectivity index (χ3n) is 4.82. The van der Waals surface area contributed by atoms with Gasteiger partial charge in [0.15, 0.2) is 0 Å². The highest BCUT2D eigenvalue weighted by molar-refractivity contribution is 7.13. The molecule has 1 aromatic heterocycles. The predicted molar refractivity (Wildman–Crippen MR) is 101 cm³/mol. The van der Waals surface area contributed by atoms with Crippen molar-refractivity contribution in [3.05, 3.63) is 65.0 Å². The fraction of sp³-hybridized carbons (Fsp3) is 0.316. The van der Waals surface area contributed by atoms with Crippen LogP contribution in [0.15, 0.2) is 59.4 Å². The third kappa shape index (κ3) is 2.74. The molecule has 0 aliphatic carbocycles. The van der Waals surface area contributed by atoms with Crippen molar-refractivity contribution < 1.29 is 0 Å². The monoisotopic (exact) mass is 339 g/mol. The van der Waals surface area contributed by atoms with Crippen LogP contribution in [0.3, 0.4) is 0 Å². The summed E-state index contributed by atoms with van der Waals surface area (Å²) in [5.74, 6) is 0. The quantitative estimate of drug-likeness (QED) is 0.732. The maximum atomic E-state index is 12.6. The van der Waals surface area contributed by atoms with Crippen LogP contribution in [0.5, 0.6) is 0 Å². The highest BCUT2D eigenvalue weighted by Crippen LogP contribution is 2.23. The van der Waals surface area contributed by atoms with E-state index >= 15 is 0 Å². The molecule has 0 N–H and O–H groups in total. The van der Waals surface area contributed by atoms with Gasteiger partial charge in [0.2, 0.25) is 0 Å². The SMILES string of the molecule is CC(N1CCN(c2ccccc2)CC1)n1sc2ccccc2c1=O. The van der Waals surface area contributed by atoms with Gasteiger partial charge in [0.25, 0.3) is 5.56 Å². The summed E-state index contributed by atoms with van der Waals surface area (Å²) in [6, 6.07) is 18.4. The number of para-hydroxylation sites is 1. The molecule has 5 heteroatoms. The van der Waals surface area contributed by atoms with Gasteiger partial charge in [-0.3, -0.25) is 9.69 Å². The van der Waals surface area contributed by atoms with Crippen molar-refractivity contribution in [3.63, 3.8) is 0 Å². The average Bonchev–Trinajstić information content (AvgIpc) is 2.99. The Bertz CT molecular complexity index is 878. The number of anilines is 1. The van der Waals surface area contributed by atoms with Crippen LogP contribution in [0.4, 0.5) is 5.69 Å². The van der Waals surface area contributed by atoms with Crippen LogP contribution in [-0.4, -0.2) is 35.0 Å². The van der Waals surface area contributed by atoms with E-state index < -0.39 is 0 Å². The lowest BCUT2D eigenvalue weighted by Gasteiger charge is -2.38. The predicted octanol–water partition coefficient (Wildman–Crippen LogP) is 3.40. The summed E-state index contributed by atoms with van der Waals surface area (Å²) in [4.78, 5) is 17.4. The van der Waals surface area contributed by atoms with Crippen molar-refractivity contribution in [2.24, 2.45) is 0 Å². The summed E-state index contributed by atoms with van der Waals surface area (Å²) < 4.78 is 2.99. The summed E-state index contributed by atoms with van der Waals surface area (Å²) in [5, 5.41) is 0.831. The minimum Gasteiger partial charge on any atom is -0.369 e. The summed E-state index contributed by atoms with van der Waals surface area (Å²) in [7, 11) is 0. The fourth-order valence-electron chi connectivity index (χ4n) is 3.38. The lowest BCUT2D eigenvalue weighted by atomic mass is 10.2. The van der Waals surface area contributed by atoms with Gasteiger partial charge in [-0.1, -0.05) is 41.9 Å². The molecule has 4 rings (SSSR count). The molecule has 1 saturated heterocycles. The number of rotatable bonds is 3. The number of hydrogen-bond donors (Lipinski definition) is 0. The zero-order valence-corrected chi connectivity index (χ0v) is 14.6. The first kappa shape index (κ1) is 15.4. The Morgan fingerprint density at radius 3 is 2.29 bits per heavy atom. The van der Waals surface area contributed by atoms with Crippen LogP contribution in [0.1, 0.15) is 13.1 Å². The summed E-state index contributed by atoms with van der Waals surface area (Å²) >= 11 is 1.57. The van der Waals surface area contributed by atoms with E-state index in [1.165, 1.54) is 5.69 Å². The molecule has 1 aliphatic rings. The number of hydrogen-bond acceptors (Lipinski definition) is 4. The van der Waals surface area contributed by atoms with E-state index in [0.717, 1.165) is 36.3 Å². The molecule has 1 unspecified atom stereocenters. The standard InChI is InChI=1S/C19H21N3OS/c1-15(22-19(23)17-9-5-6-10-18(17)24-22)20-11-13-21(14-12-20)16-7-3-2-4-8-16/h2-10,15H,11-14H2,1H3. The highest BCUT2D eigenvalue weighted by atomic mass is 32.1. The van der Waals surface area contributed by atoms with Gasteiger partial charge in [0.05, 0.1) is 16.3 Å². The van der Waals surface area contributed by atoms with Gasteiger partial charge >= 0.3 is 0 Å². The molecule has 1 aliphatic heterocycles. The number of benzene rings is 2. The van der Waals surface area contributed by atoms with Crippen molar-refractivity contribution in [2.75, 3.05) is 31.1 Å². The van der Waals surface area contributed by atoms with Crippen LogP contribution in [0, 0.1) is 0 Å². The highest BCUT2D eigenvalue weighted by Gasteiger charge is 2.24. The van der Waals surface area contributed by atoms with Gasteiger partial charge in [-0.15, -0.1) is 0 Å². The van der Waals surface area contributed by atoms with Crippen molar-refractivity contribution in [1.29, 1.82) is 0 Å². The smallest absolute Gasteiger partial charge is 0.269 e. The van der Waals surface area contributed by atoms with Crippen LogP contribution in [0.2, 0.25) is 0 Å². The number of piperazine rings is 1. The topological polar surface area (TPSA) is 28.5 Å². The number of nitrogens with zero attached hydrogens (tertiary/aromatic N) is 3. The summed E-state index contributed by atoms with van der Waals surface area (Å²) in [6.45, 7) is 6.06. The van der Waals surface area contributed by atoms with Gasteiger partial charge in [-0.2, -0.15) is 0 Å². The van der Waals surface area contributed by atoms with Crippen molar-refractivity contribution in [3.8, 4) is 0 Å². The molecule has 124 valence electrons. The van der Waals surface area contributed by atoms with Gasteiger partial charge in [-0.25, -0.2) is 3.96 Å². The molecule has 2 aromatic carbocycles. The molecule has 1 atom stereocenters. The third-order valence-corrected chi connectivity index (χ3v) is 6.04.